The van der Waals surface area contributed by atoms with E-state index in [2.05, 4.69) is 120 Å². The number of hydrogen-bond acceptors (Lipinski definition) is 3. The predicted molar refractivity (Wildman–Crippen MR) is 179 cm³/mol. The van der Waals surface area contributed by atoms with E-state index in [-0.39, 0.29) is 5.75 Å². The van der Waals surface area contributed by atoms with E-state index in [0.717, 1.165) is 66.9 Å². The van der Waals surface area contributed by atoms with Crippen molar-refractivity contribution >= 4 is 16.4 Å². The standard InChI is InChI=1S/C40H27N3O/c44-37-21-7-6-18-35(37)38-39(34-19-9-14-28-13-4-5-17-32(28)34)43-24-10-20-33(40(43)42-38)30-15-8-16-31(25-30)36-26-29(22-23-41-36)27-11-2-1-3-12-27/h1-26,44H. The van der Waals surface area contributed by atoms with E-state index in [1.54, 1.807) is 6.07 Å². The fourth-order valence-electron chi connectivity index (χ4n) is 6.09. The lowest BCUT2D eigenvalue weighted by Crippen LogP contribution is -1.93. The minimum Gasteiger partial charge on any atom is -0.507 e. The summed E-state index contributed by atoms with van der Waals surface area (Å²) < 4.78 is 2.15. The molecule has 0 saturated carbocycles. The van der Waals surface area contributed by atoms with Crippen LogP contribution in [-0.4, -0.2) is 19.5 Å². The summed E-state index contributed by atoms with van der Waals surface area (Å²) in [5, 5.41) is 13.3. The van der Waals surface area contributed by atoms with Crippen LogP contribution < -0.4 is 0 Å². The number of imidazole rings is 1. The number of pyridine rings is 2. The molecule has 4 nitrogen and oxygen atoms in total. The summed E-state index contributed by atoms with van der Waals surface area (Å²) in [4.78, 5) is 9.97. The van der Waals surface area contributed by atoms with Crippen LogP contribution in [0.1, 0.15) is 0 Å². The van der Waals surface area contributed by atoms with Gasteiger partial charge in [0.15, 0.2) is 0 Å². The Hall–Kier alpha value is -6.00. The van der Waals surface area contributed by atoms with Crippen LogP contribution >= 0.6 is 0 Å². The number of phenolic OH excluding ortho intramolecular Hbond substituents is 1. The molecule has 5 aromatic carbocycles. The molecule has 0 aliphatic carbocycles. The smallest absolute Gasteiger partial charge is 0.145 e. The molecule has 0 aliphatic heterocycles. The molecule has 44 heavy (non-hydrogen) atoms. The zero-order valence-corrected chi connectivity index (χ0v) is 23.8. The first-order valence-electron chi connectivity index (χ1n) is 14.6. The maximum absolute atomic E-state index is 11.0. The number of aromatic hydroxyl groups is 1. The number of phenols is 1. The topological polar surface area (TPSA) is 50.4 Å². The Morgan fingerprint density at radius 1 is 0.523 bits per heavy atom. The van der Waals surface area contributed by atoms with Crippen LogP contribution in [0.4, 0.5) is 0 Å². The normalized spacial score (nSPS) is 11.3. The molecule has 0 amide bonds. The number of rotatable bonds is 5. The molecule has 1 N–H and O–H groups in total. The zero-order chi connectivity index (χ0) is 29.5. The van der Waals surface area contributed by atoms with Gasteiger partial charge in [0.25, 0.3) is 0 Å². The third kappa shape index (κ3) is 4.41. The minimum atomic E-state index is 0.199. The average molecular weight is 566 g/mol. The Kier molecular flexibility index (Phi) is 6.24. The second kappa shape index (κ2) is 10.7. The van der Waals surface area contributed by atoms with Gasteiger partial charge in [-0.2, -0.15) is 0 Å². The highest BCUT2D eigenvalue weighted by Crippen LogP contribution is 2.41. The van der Waals surface area contributed by atoms with E-state index in [9.17, 15) is 5.11 Å². The van der Waals surface area contributed by atoms with Gasteiger partial charge in [-0.3, -0.25) is 9.38 Å². The van der Waals surface area contributed by atoms with Gasteiger partial charge in [0.05, 0.1) is 11.4 Å². The van der Waals surface area contributed by atoms with Crippen molar-refractivity contribution in [3.8, 4) is 61.8 Å². The molecular weight excluding hydrogens is 538 g/mol. The SMILES string of the molecule is Oc1ccccc1-c1nc2c(-c3cccc(-c4cc(-c5ccccc5)ccn4)c3)cccn2c1-c1cccc2ccccc12. The van der Waals surface area contributed by atoms with Crippen LogP contribution in [0, 0.1) is 0 Å². The largest absolute Gasteiger partial charge is 0.507 e. The van der Waals surface area contributed by atoms with Gasteiger partial charge in [0, 0.05) is 34.6 Å². The summed E-state index contributed by atoms with van der Waals surface area (Å²) in [6.45, 7) is 0. The number of hydrogen-bond donors (Lipinski definition) is 1. The lowest BCUT2D eigenvalue weighted by molar-refractivity contribution is 0.477. The van der Waals surface area contributed by atoms with Crippen LogP contribution in [0.5, 0.6) is 5.75 Å². The highest BCUT2D eigenvalue weighted by atomic mass is 16.3. The first kappa shape index (κ1) is 25.7. The molecule has 3 heterocycles. The Morgan fingerprint density at radius 2 is 1.23 bits per heavy atom. The van der Waals surface area contributed by atoms with Crippen molar-refractivity contribution in [1.82, 2.24) is 14.4 Å². The molecule has 3 aromatic heterocycles. The number of fused-ring (bicyclic) bond motifs is 2. The molecule has 0 radical (unpaired) electrons. The quantitative estimate of drug-likeness (QED) is 0.226. The van der Waals surface area contributed by atoms with E-state index in [4.69, 9.17) is 9.97 Å². The first-order chi connectivity index (χ1) is 21.7. The highest BCUT2D eigenvalue weighted by molar-refractivity contribution is 6.01. The van der Waals surface area contributed by atoms with Crippen molar-refractivity contribution in [2.24, 2.45) is 0 Å². The molecular formula is C40H27N3O. The Bertz CT molecular complexity index is 2300. The molecule has 0 atom stereocenters. The van der Waals surface area contributed by atoms with Gasteiger partial charge < -0.3 is 5.11 Å². The fourth-order valence-corrected chi connectivity index (χ4v) is 6.09. The van der Waals surface area contributed by atoms with Crippen LogP contribution in [0.2, 0.25) is 0 Å². The van der Waals surface area contributed by atoms with Crippen molar-refractivity contribution in [3.05, 3.63) is 158 Å². The van der Waals surface area contributed by atoms with Crippen molar-refractivity contribution in [3.63, 3.8) is 0 Å². The first-order valence-corrected chi connectivity index (χ1v) is 14.6. The van der Waals surface area contributed by atoms with E-state index >= 15 is 0 Å². The highest BCUT2D eigenvalue weighted by Gasteiger charge is 2.22. The molecule has 208 valence electrons. The predicted octanol–water partition coefficient (Wildman–Crippen LogP) is 9.92. The monoisotopic (exact) mass is 565 g/mol. The van der Waals surface area contributed by atoms with Crippen molar-refractivity contribution in [1.29, 1.82) is 0 Å². The maximum atomic E-state index is 11.0. The maximum Gasteiger partial charge on any atom is 0.145 e. The van der Waals surface area contributed by atoms with E-state index in [1.165, 1.54) is 0 Å². The van der Waals surface area contributed by atoms with Crippen LogP contribution in [-0.2, 0) is 0 Å². The van der Waals surface area contributed by atoms with Gasteiger partial charge in [-0.25, -0.2) is 4.98 Å². The Morgan fingerprint density at radius 3 is 2.14 bits per heavy atom. The summed E-state index contributed by atoms with van der Waals surface area (Å²) in [7, 11) is 0. The summed E-state index contributed by atoms with van der Waals surface area (Å²) in [6.07, 6.45) is 3.93. The fraction of sp³-hybridized carbons (Fsp3) is 0. The van der Waals surface area contributed by atoms with Crippen LogP contribution in [0.25, 0.3) is 72.4 Å². The van der Waals surface area contributed by atoms with Crippen molar-refractivity contribution in [2.75, 3.05) is 0 Å². The summed E-state index contributed by atoms with van der Waals surface area (Å²) in [5.41, 5.74) is 10.5. The van der Waals surface area contributed by atoms with Crippen molar-refractivity contribution < 1.29 is 5.11 Å². The third-order valence-electron chi connectivity index (χ3n) is 8.19. The number of para-hydroxylation sites is 1. The van der Waals surface area contributed by atoms with Gasteiger partial charge in [0.2, 0.25) is 0 Å². The number of nitrogens with zero attached hydrogens (tertiary/aromatic N) is 3. The van der Waals surface area contributed by atoms with Crippen LogP contribution in [0.15, 0.2) is 158 Å². The van der Waals surface area contributed by atoms with Gasteiger partial charge in [-0.1, -0.05) is 103 Å². The summed E-state index contributed by atoms with van der Waals surface area (Å²) in [5.74, 6) is 0.199. The molecule has 0 spiro atoms. The van der Waals surface area contributed by atoms with Gasteiger partial charge in [-0.15, -0.1) is 0 Å². The molecule has 0 unspecified atom stereocenters. The van der Waals surface area contributed by atoms with Gasteiger partial charge in [-0.05, 0) is 69.9 Å². The number of benzene rings is 5. The Labute approximate surface area is 255 Å². The Balaban J connectivity index is 1.33. The molecule has 4 heteroatoms. The van der Waals surface area contributed by atoms with Crippen molar-refractivity contribution in [2.45, 2.75) is 0 Å². The van der Waals surface area contributed by atoms with Gasteiger partial charge >= 0.3 is 0 Å². The van der Waals surface area contributed by atoms with Gasteiger partial charge in [0.1, 0.15) is 17.1 Å². The van der Waals surface area contributed by atoms with E-state index in [0.29, 0.717) is 5.56 Å². The van der Waals surface area contributed by atoms with Crippen LogP contribution in [0.3, 0.4) is 0 Å². The molecule has 0 aliphatic rings. The lowest BCUT2D eigenvalue weighted by Gasteiger charge is -2.11. The minimum absolute atomic E-state index is 0.199. The third-order valence-corrected chi connectivity index (χ3v) is 8.19. The zero-order valence-electron chi connectivity index (χ0n) is 23.8. The number of aromatic nitrogens is 3. The average Bonchev–Trinajstić information content (AvgIpc) is 3.48. The molecule has 0 saturated heterocycles. The summed E-state index contributed by atoms with van der Waals surface area (Å²) in [6, 6.07) is 49.3. The summed E-state index contributed by atoms with van der Waals surface area (Å²) >= 11 is 0. The second-order valence-corrected chi connectivity index (χ2v) is 10.8. The molecule has 0 bridgehead atoms. The molecule has 0 fully saturated rings. The molecule has 8 aromatic rings. The lowest BCUT2D eigenvalue weighted by atomic mass is 9.98. The molecule has 8 rings (SSSR count). The van der Waals surface area contributed by atoms with E-state index < -0.39 is 0 Å². The van der Waals surface area contributed by atoms with E-state index in [1.807, 2.05) is 36.5 Å². The second-order valence-electron chi connectivity index (χ2n) is 10.8.